The Morgan fingerprint density at radius 2 is 1.56 bits per heavy atom. The van der Waals surface area contributed by atoms with Gasteiger partial charge in [-0.05, 0) is 25.7 Å². The lowest BCUT2D eigenvalue weighted by atomic mass is 10.1. The number of rotatable bonds is 12. The van der Waals surface area contributed by atoms with E-state index in [1.165, 1.54) is 32.1 Å². The molecule has 0 bridgehead atoms. The zero-order valence-corrected chi connectivity index (χ0v) is 10.4. The fourth-order valence-corrected chi connectivity index (χ4v) is 1.58. The topological polar surface area (TPSA) is 29.5 Å². The Bertz CT molecular complexity index is 166. The molecule has 0 aliphatic carbocycles. The Kier molecular flexibility index (Phi) is 12.0. The molecule has 0 aromatic heterocycles. The van der Waals surface area contributed by atoms with Crippen molar-refractivity contribution in [2.75, 3.05) is 6.61 Å². The largest absolute Gasteiger partial charge is 0.368 e. The van der Waals surface area contributed by atoms with Crippen LogP contribution in [0.15, 0.2) is 25.3 Å². The Morgan fingerprint density at radius 1 is 0.938 bits per heavy atom. The molecule has 0 radical (unpaired) electrons. The highest BCUT2D eigenvalue weighted by atomic mass is 16.6. The fourth-order valence-electron chi connectivity index (χ4n) is 1.58. The van der Waals surface area contributed by atoms with Gasteiger partial charge in [0.1, 0.15) is 0 Å². The van der Waals surface area contributed by atoms with Crippen molar-refractivity contribution in [2.45, 2.75) is 57.7 Å². The van der Waals surface area contributed by atoms with E-state index in [9.17, 15) is 5.11 Å². The number of hydrogen-bond acceptors (Lipinski definition) is 2. The molecule has 0 fully saturated rings. The normalized spacial score (nSPS) is 12.3. The molecule has 0 aromatic rings. The van der Waals surface area contributed by atoms with E-state index in [-0.39, 0.29) is 0 Å². The molecule has 0 amide bonds. The molecule has 94 valence electrons. The molecule has 1 atom stereocenters. The minimum Gasteiger partial charge on any atom is -0.368 e. The van der Waals surface area contributed by atoms with Gasteiger partial charge >= 0.3 is 0 Å². The first kappa shape index (κ1) is 15.4. The lowest BCUT2D eigenvalue weighted by molar-refractivity contribution is -0.0937. The van der Waals surface area contributed by atoms with Crippen LogP contribution in [-0.4, -0.2) is 18.0 Å². The third-order valence-corrected chi connectivity index (χ3v) is 2.52. The lowest BCUT2D eigenvalue weighted by Gasteiger charge is -2.09. The summed E-state index contributed by atoms with van der Waals surface area (Å²) in [6.07, 6.45) is 12.2. The fraction of sp³-hybridized carbons (Fsp3) is 0.714. The van der Waals surface area contributed by atoms with Gasteiger partial charge in [0, 0.05) is 0 Å². The monoisotopic (exact) mass is 226 g/mol. The van der Waals surface area contributed by atoms with Crippen LogP contribution in [0.1, 0.15) is 51.4 Å². The van der Waals surface area contributed by atoms with Crippen LogP contribution in [0.2, 0.25) is 0 Å². The highest BCUT2D eigenvalue weighted by molar-refractivity contribution is 4.65. The molecule has 0 heterocycles. The van der Waals surface area contributed by atoms with Crippen molar-refractivity contribution < 1.29 is 9.84 Å². The number of unbranched alkanes of at least 4 members (excludes halogenated alkanes) is 6. The minimum atomic E-state index is -0.612. The molecule has 0 aromatic carbocycles. The van der Waals surface area contributed by atoms with Crippen LogP contribution in [0.3, 0.4) is 0 Å². The summed E-state index contributed by atoms with van der Waals surface area (Å²) in [4.78, 5) is 0. The number of hydrogen-bond donors (Lipinski definition) is 1. The van der Waals surface area contributed by atoms with Crippen LogP contribution < -0.4 is 0 Å². The van der Waals surface area contributed by atoms with Gasteiger partial charge < -0.3 is 9.84 Å². The summed E-state index contributed by atoms with van der Waals surface area (Å²) in [5.74, 6) is 0. The molecular weight excluding hydrogens is 200 g/mol. The van der Waals surface area contributed by atoms with Crippen LogP contribution >= 0.6 is 0 Å². The van der Waals surface area contributed by atoms with Gasteiger partial charge in [0.25, 0.3) is 0 Å². The zero-order chi connectivity index (χ0) is 12.1. The molecule has 0 saturated heterocycles. The van der Waals surface area contributed by atoms with Gasteiger partial charge in [0.2, 0.25) is 0 Å². The summed E-state index contributed by atoms with van der Waals surface area (Å²) < 4.78 is 5.08. The molecule has 0 aliphatic rings. The van der Waals surface area contributed by atoms with Crippen molar-refractivity contribution in [1.29, 1.82) is 0 Å². The molecule has 1 unspecified atom stereocenters. The average molecular weight is 226 g/mol. The highest BCUT2D eigenvalue weighted by Gasteiger charge is 2.01. The van der Waals surface area contributed by atoms with Crippen molar-refractivity contribution in [3.8, 4) is 0 Å². The van der Waals surface area contributed by atoms with E-state index in [1.54, 1.807) is 6.08 Å². The van der Waals surface area contributed by atoms with E-state index in [0.29, 0.717) is 6.61 Å². The zero-order valence-electron chi connectivity index (χ0n) is 10.4. The molecule has 0 saturated carbocycles. The molecule has 2 heteroatoms. The van der Waals surface area contributed by atoms with Gasteiger partial charge in [-0.3, -0.25) is 0 Å². The van der Waals surface area contributed by atoms with Crippen molar-refractivity contribution >= 4 is 0 Å². The standard InChI is InChI=1S/C14H26O2/c1-3-5-6-7-8-9-10-11-12-14(15)16-13-4-2/h3-4,14-15H,1-2,5-13H2. The number of aliphatic hydroxyl groups is 1. The first-order chi connectivity index (χ1) is 7.81. The molecule has 0 rings (SSSR count). The highest BCUT2D eigenvalue weighted by Crippen LogP contribution is 2.10. The maximum Gasteiger partial charge on any atom is 0.154 e. The quantitative estimate of drug-likeness (QED) is 0.311. The van der Waals surface area contributed by atoms with E-state index in [2.05, 4.69) is 13.2 Å². The van der Waals surface area contributed by atoms with Gasteiger partial charge in [0.05, 0.1) is 6.61 Å². The van der Waals surface area contributed by atoms with Crippen LogP contribution in [0, 0.1) is 0 Å². The molecule has 0 spiro atoms. The predicted octanol–water partition coefficient (Wildman–Crippen LogP) is 3.81. The predicted molar refractivity (Wildman–Crippen MR) is 69.3 cm³/mol. The Hall–Kier alpha value is -0.600. The Morgan fingerprint density at radius 3 is 2.19 bits per heavy atom. The summed E-state index contributed by atoms with van der Waals surface area (Å²) in [7, 11) is 0. The van der Waals surface area contributed by atoms with Crippen molar-refractivity contribution in [3.63, 3.8) is 0 Å². The first-order valence-corrected chi connectivity index (χ1v) is 6.32. The molecular formula is C14H26O2. The van der Waals surface area contributed by atoms with Crippen LogP contribution in [0.5, 0.6) is 0 Å². The SMILES string of the molecule is C=CCCCCCCCCC(O)OCC=C. The van der Waals surface area contributed by atoms with Gasteiger partial charge in [-0.1, -0.05) is 37.8 Å². The van der Waals surface area contributed by atoms with E-state index in [4.69, 9.17) is 4.74 Å². The third-order valence-electron chi connectivity index (χ3n) is 2.52. The maximum absolute atomic E-state index is 9.37. The Balaban J connectivity index is 3.07. The minimum absolute atomic E-state index is 0.433. The Labute approximate surface area is 100 Å². The van der Waals surface area contributed by atoms with Gasteiger partial charge in [0.15, 0.2) is 6.29 Å². The van der Waals surface area contributed by atoms with E-state index >= 15 is 0 Å². The molecule has 0 aliphatic heterocycles. The number of allylic oxidation sites excluding steroid dienone is 1. The molecule has 1 N–H and O–H groups in total. The average Bonchev–Trinajstić information content (AvgIpc) is 2.30. The van der Waals surface area contributed by atoms with Gasteiger partial charge in [-0.25, -0.2) is 0 Å². The molecule has 16 heavy (non-hydrogen) atoms. The molecule has 2 nitrogen and oxygen atoms in total. The third kappa shape index (κ3) is 11.5. The second kappa shape index (κ2) is 12.5. The van der Waals surface area contributed by atoms with Crippen LogP contribution in [0.25, 0.3) is 0 Å². The van der Waals surface area contributed by atoms with Crippen LogP contribution in [0.4, 0.5) is 0 Å². The lowest BCUT2D eigenvalue weighted by Crippen LogP contribution is -2.11. The maximum atomic E-state index is 9.37. The summed E-state index contributed by atoms with van der Waals surface area (Å²) in [6, 6.07) is 0. The van der Waals surface area contributed by atoms with E-state index in [1.807, 2.05) is 6.08 Å². The van der Waals surface area contributed by atoms with Crippen molar-refractivity contribution in [1.82, 2.24) is 0 Å². The van der Waals surface area contributed by atoms with Gasteiger partial charge in [-0.2, -0.15) is 0 Å². The van der Waals surface area contributed by atoms with Gasteiger partial charge in [-0.15, -0.1) is 13.2 Å². The van der Waals surface area contributed by atoms with Crippen LogP contribution in [-0.2, 0) is 4.74 Å². The number of aliphatic hydroxyl groups excluding tert-OH is 1. The smallest absolute Gasteiger partial charge is 0.154 e. The second-order valence-electron chi connectivity index (χ2n) is 4.06. The van der Waals surface area contributed by atoms with Crippen molar-refractivity contribution in [2.24, 2.45) is 0 Å². The van der Waals surface area contributed by atoms with Crippen molar-refractivity contribution in [3.05, 3.63) is 25.3 Å². The second-order valence-corrected chi connectivity index (χ2v) is 4.06. The number of ether oxygens (including phenoxy) is 1. The van der Waals surface area contributed by atoms with E-state index in [0.717, 1.165) is 19.3 Å². The summed E-state index contributed by atoms with van der Waals surface area (Å²) in [5.41, 5.74) is 0. The summed E-state index contributed by atoms with van der Waals surface area (Å²) >= 11 is 0. The summed E-state index contributed by atoms with van der Waals surface area (Å²) in [6.45, 7) is 7.67. The van der Waals surface area contributed by atoms with E-state index < -0.39 is 6.29 Å². The first-order valence-electron chi connectivity index (χ1n) is 6.32. The summed E-state index contributed by atoms with van der Waals surface area (Å²) in [5, 5.41) is 9.37.